The van der Waals surface area contributed by atoms with E-state index in [9.17, 15) is 18.8 Å². The van der Waals surface area contributed by atoms with Crippen LogP contribution in [0.5, 0.6) is 0 Å². The molecule has 0 spiro atoms. The summed E-state index contributed by atoms with van der Waals surface area (Å²) in [6.45, 7) is 5.24. The van der Waals surface area contributed by atoms with Crippen molar-refractivity contribution in [3.05, 3.63) is 71.7 Å². The van der Waals surface area contributed by atoms with E-state index in [4.69, 9.17) is 0 Å². The fourth-order valence-corrected chi connectivity index (χ4v) is 3.37. The number of carbonyl (C=O) groups is 3. The van der Waals surface area contributed by atoms with E-state index in [1.54, 1.807) is 39.9 Å². The minimum atomic E-state index is -0.753. The van der Waals surface area contributed by atoms with Crippen LogP contribution in [0.3, 0.4) is 0 Å². The van der Waals surface area contributed by atoms with Crippen LogP contribution in [-0.2, 0) is 22.7 Å². The summed E-state index contributed by atoms with van der Waals surface area (Å²) in [4.78, 5) is 39.5. The van der Waals surface area contributed by atoms with Crippen molar-refractivity contribution in [1.82, 2.24) is 14.8 Å². The largest absolute Gasteiger partial charge is 0.345 e. The van der Waals surface area contributed by atoms with Gasteiger partial charge >= 0.3 is 0 Å². The number of nitrogens with one attached hydrogen (secondary N) is 1. The molecule has 2 amide bonds. The summed E-state index contributed by atoms with van der Waals surface area (Å²) in [5.74, 6) is -1.85. The Morgan fingerprint density at radius 3 is 2.33 bits per heavy atom. The van der Waals surface area contributed by atoms with Crippen molar-refractivity contribution < 1.29 is 18.8 Å². The zero-order chi connectivity index (χ0) is 21.7. The van der Waals surface area contributed by atoms with E-state index in [1.165, 1.54) is 12.1 Å². The summed E-state index contributed by atoms with van der Waals surface area (Å²) < 4.78 is 14.7. The van der Waals surface area contributed by atoms with Gasteiger partial charge in [-0.25, -0.2) is 4.39 Å². The Balaban J connectivity index is 1.80. The lowest BCUT2D eigenvalue weighted by Crippen LogP contribution is -2.33. The lowest BCUT2D eigenvalue weighted by Gasteiger charge is -2.19. The molecule has 3 aromatic rings. The number of aromatic nitrogens is 1. The maximum Gasteiger partial charge on any atom is 0.292 e. The van der Waals surface area contributed by atoms with Crippen LogP contribution in [-0.4, -0.2) is 40.2 Å². The second-order valence-electron chi connectivity index (χ2n) is 6.89. The zero-order valence-corrected chi connectivity index (χ0v) is 17.0. The van der Waals surface area contributed by atoms with Gasteiger partial charge in [-0.1, -0.05) is 30.3 Å². The number of hydrogen-bond donors (Lipinski definition) is 1. The van der Waals surface area contributed by atoms with Crippen LogP contribution in [0.1, 0.15) is 29.8 Å². The van der Waals surface area contributed by atoms with Gasteiger partial charge in [-0.3, -0.25) is 14.4 Å². The van der Waals surface area contributed by atoms with Gasteiger partial charge in [0.2, 0.25) is 5.91 Å². The molecule has 0 saturated carbocycles. The SMILES string of the molecule is CCN(CC)C(=O)Cn1cc(C(=O)C(=O)NCc2ccc(F)cc2)c2ccccc21. The van der Waals surface area contributed by atoms with Crippen molar-refractivity contribution in [2.45, 2.75) is 26.9 Å². The average Bonchev–Trinajstić information content (AvgIpc) is 3.12. The quantitative estimate of drug-likeness (QED) is 0.459. The Morgan fingerprint density at radius 2 is 1.67 bits per heavy atom. The van der Waals surface area contributed by atoms with E-state index in [0.29, 0.717) is 29.6 Å². The molecule has 1 N–H and O–H groups in total. The van der Waals surface area contributed by atoms with Crippen molar-refractivity contribution in [1.29, 1.82) is 0 Å². The number of rotatable bonds is 8. The number of halogens is 1. The van der Waals surface area contributed by atoms with E-state index in [2.05, 4.69) is 5.32 Å². The van der Waals surface area contributed by atoms with Gasteiger partial charge in [0.15, 0.2) is 0 Å². The molecule has 1 heterocycles. The minimum absolute atomic E-state index is 0.0551. The van der Waals surface area contributed by atoms with Crippen LogP contribution in [0.25, 0.3) is 10.9 Å². The molecule has 0 unspecified atom stereocenters. The molecule has 0 bridgehead atoms. The van der Waals surface area contributed by atoms with Gasteiger partial charge in [0.05, 0.1) is 5.56 Å². The number of fused-ring (bicyclic) bond motifs is 1. The highest BCUT2D eigenvalue weighted by Gasteiger charge is 2.22. The molecule has 0 radical (unpaired) electrons. The highest BCUT2D eigenvalue weighted by Crippen LogP contribution is 2.22. The lowest BCUT2D eigenvalue weighted by atomic mass is 10.1. The fraction of sp³-hybridized carbons (Fsp3) is 0.261. The number of para-hydroxylation sites is 1. The van der Waals surface area contributed by atoms with Crippen LogP contribution >= 0.6 is 0 Å². The van der Waals surface area contributed by atoms with Gasteiger partial charge in [-0.15, -0.1) is 0 Å². The smallest absolute Gasteiger partial charge is 0.292 e. The summed E-state index contributed by atoms with van der Waals surface area (Å²) in [5, 5.41) is 3.19. The van der Waals surface area contributed by atoms with E-state index >= 15 is 0 Å². The van der Waals surface area contributed by atoms with E-state index in [1.807, 2.05) is 26.0 Å². The van der Waals surface area contributed by atoms with Gasteiger partial charge in [0, 0.05) is 36.7 Å². The lowest BCUT2D eigenvalue weighted by molar-refractivity contribution is -0.131. The number of likely N-dealkylation sites (N-methyl/N-ethyl adjacent to an activating group) is 1. The number of hydrogen-bond acceptors (Lipinski definition) is 3. The summed E-state index contributed by atoms with van der Waals surface area (Å²) in [7, 11) is 0. The molecule has 0 aliphatic heterocycles. The Kier molecular flexibility index (Phi) is 6.61. The summed E-state index contributed by atoms with van der Waals surface area (Å²) >= 11 is 0. The number of benzene rings is 2. The van der Waals surface area contributed by atoms with Crippen molar-refractivity contribution in [2.75, 3.05) is 13.1 Å². The Morgan fingerprint density at radius 1 is 1.00 bits per heavy atom. The van der Waals surface area contributed by atoms with Gasteiger partial charge in [0.25, 0.3) is 11.7 Å². The number of ketones is 1. The van der Waals surface area contributed by atoms with Crippen molar-refractivity contribution in [3.63, 3.8) is 0 Å². The molecule has 3 rings (SSSR count). The van der Waals surface area contributed by atoms with Crippen LogP contribution < -0.4 is 5.32 Å². The highest BCUT2D eigenvalue weighted by atomic mass is 19.1. The third-order valence-electron chi connectivity index (χ3n) is 5.03. The molecule has 0 atom stereocenters. The summed E-state index contributed by atoms with van der Waals surface area (Å²) in [6, 6.07) is 12.9. The van der Waals surface area contributed by atoms with Gasteiger partial charge < -0.3 is 14.8 Å². The molecule has 2 aromatic carbocycles. The number of carbonyl (C=O) groups excluding carboxylic acids is 3. The standard InChI is InChI=1S/C23H24FN3O3/c1-3-26(4-2)21(28)15-27-14-19(18-7-5-6-8-20(18)27)22(29)23(30)25-13-16-9-11-17(24)12-10-16/h5-12,14H,3-4,13,15H2,1-2H3,(H,25,30). The Bertz CT molecular complexity index is 1070. The van der Waals surface area contributed by atoms with Crippen LogP contribution in [0.4, 0.5) is 4.39 Å². The molecule has 0 fully saturated rings. The highest BCUT2D eigenvalue weighted by molar-refractivity contribution is 6.45. The number of nitrogens with zero attached hydrogens (tertiary/aromatic N) is 2. The number of Topliss-reactive ketones (excluding diaryl/α,β-unsaturated/α-hetero) is 1. The Labute approximate surface area is 174 Å². The summed E-state index contributed by atoms with van der Waals surface area (Å²) in [5.41, 5.74) is 1.65. The predicted molar refractivity (Wildman–Crippen MR) is 112 cm³/mol. The molecule has 30 heavy (non-hydrogen) atoms. The first-order valence-electron chi connectivity index (χ1n) is 9.87. The molecule has 0 saturated heterocycles. The van der Waals surface area contributed by atoms with E-state index in [-0.39, 0.29) is 30.4 Å². The van der Waals surface area contributed by atoms with Gasteiger partial charge in [-0.05, 0) is 37.6 Å². The van der Waals surface area contributed by atoms with Crippen LogP contribution in [0, 0.1) is 5.82 Å². The van der Waals surface area contributed by atoms with Gasteiger partial charge in [0.1, 0.15) is 12.4 Å². The minimum Gasteiger partial charge on any atom is -0.345 e. The van der Waals surface area contributed by atoms with E-state index in [0.717, 1.165) is 0 Å². The van der Waals surface area contributed by atoms with Crippen LogP contribution in [0.2, 0.25) is 0 Å². The number of amides is 2. The van der Waals surface area contributed by atoms with Crippen molar-refractivity contribution in [3.8, 4) is 0 Å². The average molecular weight is 409 g/mol. The maximum atomic E-state index is 13.0. The molecular formula is C23H24FN3O3. The Hall–Kier alpha value is -3.48. The fourth-order valence-electron chi connectivity index (χ4n) is 3.37. The first-order valence-corrected chi connectivity index (χ1v) is 9.87. The third-order valence-corrected chi connectivity index (χ3v) is 5.03. The first-order chi connectivity index (χ1) is 14.4. The molecule has 156 valence electrons. The normalized spacial score (nSPS) is 10.8. The zero-order valence-electron chi connectivity index (χ0n) is 17.0. The monoisotopic (exact) mass is 409 g/mol. The maximum absolute atomic E-state index is 13.0. The van der Waals surface area contributed by atoms with Crippen molar-refractivity contribution >= 4 is 28.5 Å². The molecule has 0 aliphatic carbocycles. The third kappa shape index (κ3) is 4.56. The molecule has 7 heteroatoms. The first kappa shape index (κ1) is 21.2. The van der Waals surface area contributed by atoms with Crippen LogP contribution in [0.15, 0.2) is 54.7 Å². The predicted octanol–water partition coefficient (Wildman–Crippen LogP) is 3.15. The summed E-state index contributed by atoms with van der Waals surface area (Å²) in [6.07, 6.45) is 1.56. The molecular weight excluding hydrogens is 385 g/mol. The van der Waals surface area contributed by atoms with Crippen molar-refractivity contribution in [2.24, 2.45) is 0 Å². The molecule has 6 nitrogen and oxygen atoms in total. The second kappa shape index (κ2) is 9.35. The second-order valence-corrected chi connectivity index (χ2v) is 6.89. The topological polar surface area (TPSA) is 71.4 Å². The molecule has 0 aliphatic rings. The van der Waals surface area contributed by atoms with E-state index < -0.39 is 11.7 Å². The molecule has 1 aromatic heterocycles. The van der Waals surface area contributed by atoms with Gasteiger partial charge in [-0.2, -0.15) is 0 Å².